The molecule has 0 N–H and O–H groups in total. The lowest BCUT2D eigenvalue weighted by Gasteiger charge is -2.13. The molecule has 4 aromatic carbocycles. The molecule has 0 amide bonds. The second kappa shape index (κ2) is 11.7. The Labute approximate surface area is 212 Å². The van der Waals surface area contributed by atoms with Crippen molar-refractivity contribution in [2.45, 2.75) is 6.54 Å². The van der Waals surface area contributed by atoms with Gasteiger partial charge in [0.05, 0.1) is 0 Å². The van der Waals surface area contributed by atoms with E-state index in [4.69, 9.17) is 0 Å². The topological polar surface area (TPSA) is 3.88 Å². The molecule has 186 valence electrons. The molecule has 37 heavy (non-hydrogen) atoms. The van der Waals surface area contributed by atoms with Gasteiger partial charge in [-0.1, -0.05) is 78.9 Å². The fourth-order valence-corrected chi connectivity index (χ4v) is 4.06. The minimum absolute atomic E-state index is 0.226. The van der Waals surface area contributed by atoms with Gasteiger partial charge in [0.15, 0.2) is 6.54 Å². The molecule has 5 aromatic rings. The van der Waals surface area contributed by atoms with Crippen molar-refractivity contribution in [2.24, 2.45) is 0 Å². The van der Waals surface area contributed by atoms with E-state index in [-0.39, 0.29) is 5.82 Å². The van der Waals surface area contributed by atoms with Crippen LogP contribution in [0.15, 0.2) is 127 Å². The first-order chi connectivity index (χ1) is 17.8. The summed E-state index contributed by atoms with van der Waals surface area (Å²) in [4.78, 5) is 0. The minimum Gasteiger partial charge on any atom is -0.418 e. The van der Waals surface area contributed by atoms with Gasteiger partial charge in [-0.05, 0) is 47.5 Å². The van der Waals surface area contributed by atoms with Gasteiger partial charge in [-0.15, -0.1) is 0 Å². The van der Waals surface area contributed by atoms with E-state index in [1.165, 1.54) is 17.7 Å². The normalized spacial score (nSPS) is 10.9. The molecule has 1 aromatic heterocycles. The third kappa shape index (κ3) is 7.37. The Morgan fingerprint density at radius 1 is 0.486 bits per heavy atom. The number of benzene rings is 4. The molecule has 1 heterocycles. The molecular weight excluding hydrogens is 480 g/mol. The molecule has 0 aliphatic rings. The molecule has 7 heteroatoms. The maximum atomic E-state index is 13.6. The van der Waals surface area contributed by atoms with E-state index in [1.54, 1.807) is 0 Å². The molecule has 0 bridgehead atoms. The Kier molecular flexibility index (Phi) is 8.13. The average Bonchev–Trinajstić information content (AvgIpc) is 2.90. The zero-order chi connectivity index (χ0) is 26.3. The highest BCUT2D eigenvalue weighted by Gasteiger charge is 2.23. The highest BCUT2D eigenvalue weighted by Crippen LogP contribution is 2.29. The molecule has 1 nitrogen and oxygen atoms in total. The third-order valence-corrected chi connectivity index (χ3v) is 5.67. The minimum atomic E-state index is -6.00. The number of pyridine rings is 1. The van der Waals surface area contributed by atoms with Crippen molar-refractivity contribution in [3.63, 3.8) is 0 Å². The summed E-state index contributed by atoms with van der Waals surface area (Å²) in [5.41, 5.74) is 7.82. The van der Waals surface area contributed by atoms with E-state index in [2.05, 4.69) is 89.5 Å². The quantitative estimate of drug-likeness (QED) is 0.129. The first-order valence-corrected chi connectivity index (χ1v) is 11.6. The van der Waals surface area contributed by atoms with Gasteiger partial charge >= 0.3 is 7.25 Å². The van der Waals surface area contributed by atoms with Crippen LogP contribution in [0, 0.1) is 5.82 Å². The predicted octanol–water partition coefficient (Wildman–Crippen LogP) is 8.46. The molecule has 5 rings (SSSR count). The van der Waals surface area contributed by atoms with Crippen LogP contribution in [0.25, 0.3) is 33.6 Å². The highest BCUT2D eigenvalue weighted by atomic mass is 19.5. The summed E-state index contributed by atoms with van der Waals surface area (Å²) in [6, 6.07) is 42.5. The molecular formula is C30H23BF5N. The first kappa shape index (κ1) is 25.8. The van der Waals surface area contributed by atoms with Crippen molar-refractivity contribution in [2.75, 3.05) is 0 Å². The summed E-state index contributed by atoms with van der Waals surface area (Å²) in [6.07, 6.45) is 0. The fourth-order valence-electron chi connectivity index (χ4n) is 4.06. The van der Waals surface area contributed by atoms with Gasteiger partial charge in [0.25, 0.3) is 0 Å². The molecule has 0 spiro atoms. The van der Waals surface area contributed by atoms with E-state index < -0.39 is 7.25 Å². The third-order valence-electron chi connectivity index (χ3n) is 5.67. The van der Waals surface area contributed by atoms with Gasteiger partial charge in [-0.3, -0.25) is 0 Å². The molecule has 0 radical (unpaired) electrons. The number of aromatic nitrogens is 1. The monoisotopic (exact) mass is 503 g/mol. The summed E-state index contributed by atoms with van der Waals surface area (Å²) >= 11 is 0. The number of rotatable bonds is 5. The maximum absolute atomic E-state index is 13.6. The average molecular weight is 503 g/mol. The lowest BCUT2D eigenvalue weighted by Crippen LogP contribution is -2.39. The fraction of sp³-hybridized carbons (Fsp3) is 0.0333. The lowest BCUT2D eigenvalue weighted by atomic mass is 9.98. The number of halogens is 5. The van der Waals surface area contributed by atoms with Crippen molar-refractivity contribution >= 4 is 7.25 Å². The van der Waals surface area contributed by atoms with Crippen molar-refractivity contribution in [1.82, 2.24) is 0 Å². The Bertz CT molecular complexity index is 1360. The molecule has 0 saturated heterocycles. The van der Waals surface area contributed by atoms with Crippen LogP contribution < -0.4 is 4.57 Å². The zero-order valence-corrected chi connectivity index (χ0v) is 19.7. The van der Waals surface area contributed by atoms with E-state index in [0.717, 1.165) is 40.2 Å². The maximum Gasteiger partial charge on any atom is 0.673 e. The first-order valence-electron chi connectivity index (χ1n) is 11.6. The summed E-state index contributed by atoms with van der Waals surface area (Å²) in [5, 5.41) is 0. The van der Waals surface area contributed by atoms with E-state index >= 15 is 0 Å². The van der Waals surface area contributed by atoms with Crippen LogP contribution in [0.4, 0.5) is 21.7 Å². The van der Waals surface area contributed by atoms with Crippen LogP contribution in [-0.2, 0) is 6.54 Å². The smallest absolute Gasteiger partial charge is 0.418 e. The van der Waals surface area contributed by atoms with Crippen LogP contribution in [0.5, 0.6) is 0 Å². The van der Waals surface area contributed by atoms with Gasteiger partial charge in [0, 0.05) is 28.8 Å². The van der Waals surface area contributed by atoms with Crippen molar-refractivity contribution in [1.29, 1.82) is 0 Å². The Morgan fingerprint density at radius 2 is 0.892 bits per heavy atom. The molecule has 0 atom stereocenters. The van der Waals surface area contributed by atoms with Crippen LogP contribution in [-0.4, -0.2) is 7.25 Å². The summed E-state index contributed by atoms with van der Waals surface area (Å²) in [7, 11) is -6.00. The van der Waals surface area contributed by atoms with E-state index in [0.29, 0.717) is 0 Å². The van der Waals surface area contributed by atoms with E-state index in [9.17, 15) is 21.7 Å². The Balaban J connectivity index is 0.000000586. The van der Waals surface area contributed by atoms with Crippen LogP contribution >= 0.6 is 0 Å². The second-order valence-electron chi connectivity index (χ2n) is 8.32. The second-order valence-corrected chi connectivity index (χ2v) is 8.32. The summed E-state index contributed by atoms with van der Waals surface area (Å²) < 4.78 is 55.0. The van der Waals surface area contributed by atoms with Gasteiger partial charge < -0.3 is 17.3 Å². The van der Waals surface area contributed by atoms with Crippen molar-refractivity contribution in [3.05, 3.63) is 139 Å². The van der Waals surface area contributed by atoms with Crippen LogP contribution in [0.2, 0.25) is 0 Å². The lowest BCUT2D eigenvalue weighted by molar-refractivity contribution is -0.666. The number of nitrogens with zero attached hydrogens (tertiary/aromatic N) is 1. The van der Waals surface area contributed by atoms with Crippen molar-refractivity contribution < 1.29 is 26.2 Å². The SMILES string of the molecule is F[B-](F)(F)F.Fc1ccc(-c2cc(-c3ccccc3)[n+](Cc3ccccc3)c(-c3ccccc3)c2)cc1. The molecule has 0 fully saturated rings. The van der Waals surface area contributed by atoms with Crippen LogP contribution in [0.1, 0.15) is 5.56 Å². The van der Waals surface area contributed by atoms with Gasteiger partial charge in [0.2, 0.25) is 11.4 Å². The van der Waals surface area contributed by atoms with Crippen molar-refractivity contribution in [3.8, 4) is 33.6 Å². The predicted molar refractivity (Wildman–Crippen MR) is 139 cm³/mol. The van der Waals surface area contributed by atoms with Gasteiger partial charge in [-0.25, -0.2) is 4.39 Å². The standard InChI is InChI=1S/C30H23FN.BF4/c31-28-18-16-24(17-19-28)27-20-29(25-12-6-2-7-13-25)32(22-23-10-4-1-5-11-23)30(21-27)26-14-8-3-9-15-26;2-1(3,4)5/h1-21H,22H2;/q+1;-1. The molecule has 0 aliphatic heterocycles. The largest absolute Gasteiger partial charge is 0.673 e. The summed E-state index contributed by atoms with van der Waals surface area (Å²) in [6.45, 7) is 0.749. The molecule has 0 unspecified atom stereocenters. The van der Waals surface area contributed by atoms with Crippen LogP contribution in [0.3, 0.4) is 0 Å². The summed E-state index contributed by atoms with van der Waals surface area (Å²) in [5.74, 6) is -0.226. The number of hydrogen-bond donors (Lipinski definition) is 0. The van der Waals surface area contributed by atoms with E-state index in [1.807, 2.05) is 30.3 Å². The van der Waals surface area contributed by atoms with Gasteiger partial charge in [0.1, 0.15) is 5.82 Å². The number of hydrogen-bond acceptors (Lipinski definition) is 0. The zero-order valence-electron chi connectivity index (χ0n) is 19.7. The Hall–Kier alpha value is -4.26. The molecule has 0 aliphatic carbocycles. The highest BCUT2D eigenvalue weighted by molar-refractivity contribution is 6.50. The molecule has 0 saturated carbocycles. The Morgan fingerprint density at radius 3 is 1.32 bits per heavy atom. The van der Waals surface area contributed by atoms with Gasteiger partial charge in [-0.2, -0.15) is 4.57 Å².